The number of hydrogen-bond acceptors (Lipinski definition) is 5. The second-order valence-corrected chi connectivity index (χ2v) is 5.61. The third kappa shape index (κ3) is 3.31. The topological polar surface area (TPSA) is 40.2 Å². The monoisotopic (exact) mass is 293 g/mol. The van der Waals surface area contributed by atoms with Gasteiger partial charge >= 0.3 is 0 Å². The van der Waals surface area contributed by atoms with Gasteiger partial charge in [-0.1, -0.05) is 6.07 Å². The van der Waals surface area contributed by atoms with Crippen molar-refractivity contribution >= 4 is 0 Å². The van der Waals surface area contributed by atoms with Gasteiger partial charge in [0.1, 0.15) is 13.2 Å². The van der Waals surface area contributed by atoms with E-state index in [-0.39, 0.29) is 0 Å². The zero-order valence-corrected chi connectivity index (χ0v) is 12.7. The summed E-state index contributed by atoms with van der Waals surface area (Å²) in [6.45, 7) is 3.82. The third-order valence-electron chi connectivity index (χ3n) is 4.17. The van der Waals surface area contributed by atoms with E-state index in [4.69, 9.17) is 18.9 Å². The molecule has 1 aromatic rings. The number of hydrogen-bond donors (Lipinski definition) is 0. The molecule has 1 fully saturated rings. The van der Waals surface area contributed by atoms with Crippen LogP contribution >= 0.6 is 0 Å². The van der Waals surface area contributed by atoms with E-state index in [9.17, 15) is 0 Å². The van der Waals surface area contributed by atoms with Crippen molar-refractivity contribution in [2.45, 2.75) is 25.1 Å². The van der Waals surface area contributed by atoms with Crippen LogP contribution < -0.4 is 9.47 Å². The Kier molecular flexibility index (Phi) is 4.63. The Morgan fingerprint density at radius 3 is 2.76 bits per heavy atom. The van der Waals surface area contributed by atoms with E-state index in [2.05, 4.69) is 17.0 Å². The molecule has 0 saturated carbocycles. The molecule has 0 amide bonds. The molecular formula is C16H23NO4. The molecule has 2 aliphatic heterocycles. The Hall–Kier alpha value is -1.30. The molecule has 0 radical (unpaired) electrons. The molecule has 0 aliphatic carbocycles. The van der Waals surface area contributed by atoms with Crippen molar-refractivity contribution in [1.82, 2.24) is 4.90 Å². The number of nitrogens with zero attached hydrogens (tertiary/aromatic N) is 1. The fourth-order valence-corrected chi connectivity index (χ4v) is 3.09. The Bertz CT molecular complexity index is 479. The number of methoxy groups -OCH3 is 2. The van der Waals surface area contributed by atoms with Crippen molar-refractivity contribution in [3.63, 3.8) is 0 Å². The maximum absolute atomic E-state index is 5.65. The second-order valence-electron chi connectivity index (χ2n) is 5.61. The molecule has 0 spiro atoms. The summed E-state index contributed by atoms with van der Waals surface area (Å²) < 4.78 is 22.1. The van der Waals surface area contributed by atoms with E-state index in [0.29, 0.717) is 25.4 Å². The highest BCUT2D eigenvalue weighted by atomic mass is 16.6. The molecule has 0 unspecified atom stereocenters. The van der Waals surface area contributed by atoms with Crippen molar-refractivity contribution in [3.8, 4) is 11.5 Å². The van der Waals surface area contributed by atoms with E-state index in [0.717, 1.165) is 37.6 Å². The van der Waals surface area contributed by atoms with Gasteiger partial charge in [0, 0.05) is 33.4 Å². The van der Waals surface area contributed by atoms with Gasteiger partial charge in [-0.15, -0.1) is 0 Å². The molecule has 2 heterocycles. The van der Waals surface area contributed by atoms with Crippen LogP contribution in [0.15, 0.2) is 18.2 Å². The fraction of sp³-hybridized carbons (Fsp3) is 0.625. The zero-order valence-electron chi connectivity index (χ0n) is 12.7. The smallest absolute Gasteiger partial charge is 0.161 e. The zero-order chi connectivity index (χ0) is 14.7. The van der Waals surface area contributed by atoms with Gasteiger partial charge in [-0.05, 0) is 24.1 Å². The molecule has 0 bridgehead atoms. The molecule has 0 N–H and O–H groups in total. The fourth-order valence-electron chi connectivity index (χ4n) is 3.09. The summed E-state index contributed by atoms with van der Waals surface area (Å²) in [5.74, 6) is 1.69. The molecule has 116 valence electrons. The highest BCUT2D eigenvalue weighted by Gasteiger charge is 2.32. The number of benzene rings is 1. The first-order valence-electron chi connectivity index (χ1n) is 7.44. The van der Waals surface area contributed by atoms with Crippen molar-refractivity contribution in [1.29, 1.82) is 0 Å². The predicted octanol–water partition coefficient (Wildman–Crippen LogP) is 1.69. The minimum Gasteiger partial charge on any atom is -0.486 e. The first-order valence-corrected chi connectivity index (χ1v) is 7.44. The lowest BCUT2D eigenvalue weighted by Gasteiger charge is -2.24. The van der Waals surface area contributed by atoms with Gasteiger partial charge in [-0.2, -0.15) is 0 Å². The summed E-state index contributed by atoms with van der Waals surface area (Å²) >= 11 is 0. The highest BCUT2D eigenvalue weighted by molar-refractivity contribution is 5.43. The van der Waals surface area contributed by atoms with Gasteiger partial charge in [0.25, 0.3) is 0 Å². The average molecular weight is 293 g/mol. The molecule has 2 atom stereocenters. The van der Waals surface area contributed by atoms with Gasteiger partial charge in [0.2, 0.25) is 0 Å². The molecule has 5 nitrogen and oxygen atoms in total. The van der Waals surface area contributed by atoms with Crippen molar-refractivity contribution in [2.24, 2.45) is 0 Å². The number of fused-ring (bicyclic) bond motifs is 1. The van der Waals surface area contributed by atoms with Crippen LogP contribution in [0.25, 0.3) is 0 Å². The van der Waals surface area contributed by atoms with E-state index in [1.165, 1.54) is 5.56 Å². The summed E-state index contributed by atoms with van der Waals surface area (Å²) in [6.07, 6.45) is 1.32. The van der Waals surface area contributed by atoms with Crippen molar-refractivity contribution in [3.05, 3.63) is 23.8 Å². The van der Waals surface area contributed by atoms with Gasteiger partial charge < -0.3 is 18.9 Å². The van der Waals surface area contributed by atoms with Crippen LogP contribution in [0.2, 0.25) is 0 Å². The Labute approximate surface area is 125 Å². The summed E-state index contributed by atoms with van der Waals surface area (Å²) in [7, 11) is 3.53. The standard InChI is InChI=1S/C16H23NO4/c1-18-11-13-8-14(19-2)10-17(13)9-12-3-4-15-16(7-12)21-6-5-20-15/h3-4,7,13-14H,5-6,8-11H2,1-2H3/t13-,14-/m0/s1. The summed E-state index contributed by atoms with van der Waals surface area (Å²) in [5, 5.41) is 0. The van der Waals surface area contributed by atoms with Crippen molar-refractivity contribution in [2.75, 3.05) is 40.6 Å². The lowest BCUT2D eigenvalue weighted by molar-refractivity contribution is 0.106. The third-order valence-corrected chi connectivity index (χ3v) is 4.17. The van der Waals surface area contributed by atoms with Gasteiger partial charge in [0.05, 0.1) is 12.7 Å². The van der Waals surface area contributed by atoms with Crippen LogP contribution in [0, 0.1) is 0 Å². The average Bonchev–Trinajstić information content (AvgIpc) is 2.90. The van der Waals surface area contributed by atoms with Crippen molar-refractivity contribution < 1.29 is 18.9 Å². The van der Waals surface area contributed by atoms with E-state index >= 15 is 0 Å². The molecule has 1 saturated heterocycles. The van der Waals surface area contributed by atoms with Crippen LogP contribution in [-0.4, -0.2) is 57.6 Å². The SMILES string of the molecule is COC[C@@H]1C[C@H](OC)CN1Cc1ccc2c(c1)OCCO2. The molecule has 5 heteroatoms. The van der Waals surface area contributed by atoms with E-state index in [1.807, 2.05) is 6.07 Å². The molecule has 3 rings (SSSR count). The molecule has 21 heavy (non-hydrogen) atoms. The summed E-state index contributed by atoms with van der Waals surface area (Å²) in [6, 6.07) is 6.60. The van der Waals surface area contributed by atoms with Gasteiger partial charge in [0.15, 0.2) is 11.5 Å². The Morgan fingerprint density at radius 2 is 2.00 bits per heavy atom. The number of rotatable bonds is 5. The molecular weight excluding hydrogens is 270 g/mol. The molecule has 1 aromatic carbocycles. The first-order chi connectivity index (χ1) is 10.3. The minimum absolute atomic E-state index is 0.294. The van der Waals surface area contributed by atoms with Crippen LogP contribution in [0.5, 0.6) is 11.5 Å². The lowest BCUT2D eigenvalue weighted by atomic mass is 10.1. The highest BCUT2D eigenvalue weighted by Crippen LogP contribution is 2.32. The van der Waals surface area contributed by atoms with E-state index < -0.39 is 0 Å². The quantitative estimate of drug-likeness (QED) is 0.826. The lowest BCUT2D eigenvalue weighted by Crippen LogP contribution is -2.32. The summed E-state index contributed by atoms with van der Waals surface area (Å²) in [5.41, 5.74) is 1.23. The number of ether oxygens (including phenoxy) is 4. The summed E-state index contributed by atoms with van der Waals surface area (Å²) in [4.78, 5) is 2.42. The van der Waals surface area contributed by atoms with Crippen LogP contribution in [-0.2, 0) is 16.0 Å². The normalized spacial score (nSPS) is 25.2. The molecule has 2 aliphatic rings. The Morgan fingerprint density at radius 1 is 1.19 bits per heavy atom. The maximum atomic E-state index is 5.65. The minimum atomic E-state index is 0.294. The van der Waals surface area contributed by atoms with Crippen LogP contribution in [0.3, 0.4) is 0 Å². The maximum Gasteiger partial charge on any atom is 0.161 e. The van der Waals surface area contributed by atoms with E-state index in [1.54, 1.807) is 14.2 Å². The van der Waals surface area contributed by atoms with Gasteiger partial charge in [-0.3, -0.25) is 4.90 Å². The van der Waals surface area contributed by atoms with Crippen LogP contribution in [0.1, 0.15) is 12.0 Å². The molecule has 0 aromatic heterocycles. The predicted molar refractivity (Wildman–Crippen MR) is 78.9 cm³/mol. The van der Waals surface area contributed by atoms with Crippen LogP contribution in [0.4, 0.5) is 0 Å². The Balaban J connectivity index is 1.69. The second kappa shape index (κ2) is 6.64. The first kappa shape index (κ1) is 14.6. The largest absolute Gasteiger partial charge is 0.486 e. The van der Waals surface area contributed by atoms with Gasteiger partial charge in [-0.25, -0.2) is 0 Å². The number of likely N-dealkylation sites (tertiary alicyclic amines) is 1.